The van der Waals surface area contributed by atoms with Gasteiger partial charge in [0.1, 0.15) is 4.83 Å². The van der Waals surface area contributed by atoms with Crippen molar-refractivity contribution in [1.82, 2.24) is 3.97 Å². The fourth-order valence-electron chi connectivity index (χ4n) is 3.39. The summed E-state index contributed by atoms with van der Waals surface area (Å²) in [5.41, 5.74) is 2.59. The molecule has 0 unspecified atom stereocenters. The first-order valence-electron chi connectivity index (χ1n) is 6.97. The summed E-state index contributed by atoms with van der Waals surface area (Å²) in [6.45, 7) is 0. The van der Waals surface area contributed by atoms with Crippen LogP contribution >= 0.6 is 11.3 Å². The normalized spacial score (nSPS) is 15.3. The molecular formula is C16H10BNO2S2. The van der Waals surface area contributed by atoms with Crippen molar-refractivity contribution < 1.29 is 8.42 Å². The maximum absolute atomic E-state index is 13.1. The van der Waals surface area contributed by atoms with Gasteiger partial charge in [-0.1, -0.05) is 36.4 Å². The third-order valence-corrected chi connectivity index (χ3v) is 7.15. The van der Waals surface area contributed by atoms with Crippen LogP contribution in [0.2, 0.25) is 0 Å². The summed E-state index contributed by atoms with van der Waals surface area (Å²) in [5, 5.41) is 2.03. The highest BCUT2D eigenvalue weighted by Crippen LogP contribution is 2.45. The fraction of sp³-hybridized carbons (Fsp3) is 0. The van der Waals surface area contributed by atoms with E-state index < -0.39 is 10.0 Å². The van der Waals surface area contributed by atoms with Gasteiger partial charge >= 0.3 is 0 Å². The molecule has 2 aromatic carbocycles. The zero-order chi connectivity index (χ0) is 15.1. The predicted molar refractivity (Wildman–Crippen MR) is 93.5 cm³/mol. The number of benzene rings is 2. The SMILES string of the molecule is Bc1cc2c3cccc4c3n(c2s1)S(=O)(=O)c1ccccc1-4. The lowest BCUT2D eigenvalue weighted by molar-refractivity contribution is 0.590. The quantitative estimate of drug-likeness (QED) is 0.410. The number of rotatable bonds is 0. The third-order valence-electron chi connectivity index (χ3n) is 4.24. The van der Waals surface area contributed by atoms with Crippen molar-refractivity contribution in [3.63, 3.8) is 0 Å². The van der Waals surface area contributed by atoms with Gasteiger partial charge in [0.15, 0.2) is 7.85 Å². The van der Waals surface area contributed by atoms with Crippen LogP contribution in [0.3, 0.4) is 0 Å². The maximum atomic E-state index is 13.1. The van der Waals surface area contributed by atoms with E-state index in [1.807, 2.05) is 38.2 Å². The molecule has 3 heterocycles. The van der Waals surface area contributed by atoms with Crippen molar-refractivity contribution in [3.05, 3.63) is 48.5 Å². The lowest BCUT2D eigenvalue weighted by atomic mass is 10.0. The first kappa shape index (κ1) is 12.5. The second-order valence-electron chi connectivity index (χ2n) is 5.54. The maximum Gasteiger partial charge on any atom is 0.270 e. The Bertz CT molecular complexity index is 1200. The number of fused-ring (bicyclic) bond motifs is 5. The number of hydrogen-bond acceptors (Lipinski definition) is 3. The van der Waals surface area contributed by atoms with E-state index in [0.29, 0.717) is 4.90 Å². The van der Waals surface area contributed by atoms with Crippen molar-refractivity contribution in [2.24, 2.45) is 0 Å². The van der Waals surface area contributed by atoms with Gasteiger partial charge in [0.2, 0.25) is 0 Å². The van der Waals surface area contributed by atoms with Crippen molar-refractivity contribution in [3.8, 4) is 11.1 Å². The molecular weight excluding hydrogens is 313 g/mol. The molecule has 0 spiro atoms. The molecule has 6 heteroatoms. The highest BCUT2D eigenvalue weighted by Gasteiger charge is 2.32. The van der Waals surface area contributed by atoms with Gasteiger partial charge in [-0.2, -0.15) is 0 Å². The van der Waals surface area contributed by atoms with Crippen LogP contribution in [0.4, 0.5) is 0 Å². The van der Waals surface area contributed by atoms with E-state index in [2.05, 4.69) is 6.07 Å². The first-order valence-corrected chi connectivity index (χ1v) is 9.23. The Hall–Kier alpha value is -2.05. The van der Waals surface area contributed by atoms with E-state index in [0.717, 1.165) is 37.0 Å². The Balaban J connectivity index is 2.17. The van der Waals surface area contributed by atoms with Crippen LogP contribution in [0.1, 0.15) is 0 Å². The molecule has 106 valence electrons. The van der Waals surface area contributed by atoms with Crippen LogP contribution < -0.4 is 4.78 Å². The summed E-state index contributed by atoms with van der Waals surface area (Å²) in [4.78, 5) is 1.20. The van der Waals surface area contributed by atoms with E-state index in [1.54, 1.807) is 12.1 Å². The molecule has 1 aliphatic rings. The second kappa shape index (κ2) is 3.83. The summed E-state index contributed by atoms with van der Waals surface area (Å²) in [7, 11) is -1.54. The van der Waals surface area contributed by atoms with Crippen LogP contribution in [0.25, 0.3) is 32.2 Å². The molecule has 5 rings (SSSR count). The Labute approximate surface area is 132 Å². The minimum absolute atomic E-state index is 0.388. The van der Waals surface area contributed by atoms with Gasteiger partial charge in [-0.3, -0.25) is 0 Å². The largest absolute Gasteiger partial charge is 0.270 e. The molecule has 0 saturated carbocycles. The van der Waals surface area contributed by atoms with Gasteiger partial charge in [-0.25, -0.2) is 12.4 Å². The van der Waals surface area contributed by atoms with Gasteiger partial charge in [-0.15, -0.1) is 11.3 Å². The fourth-order valence-corrected chi connectivity index (χ4v) is 6.38. The Kier molecular flexibility index (Phi) is 2.17. The molecule has 1 aliphatic heterocycles. The van der Waals surface area contributed by atoms with Crippen molar-refractivity contribution in [1.29, 1.82) is 0 Å². The molecule has 0 aliphatic carbocycles. The van der Waals surface area contributed by atoms with Gasteiger partial charge in [0.05, 0.1) is 10.4 Å². The molecule has 3 nitrogen and oxygen atoms in total. The molecule has 22 heavy (non-hydrogen) atoms. The molecule has 0 fully saturated rings. The van der Waals surface area contributed by atoms with E-state index in [-0.39, 0.29) is 0 Å². The summed E-state index contributed by atoms with van der Waals surface area (Å²) in [6.07, 6.45) is 0. The van der Waals surface area contributed by atoms with Gasteiger partial charge in [-0.05, 0) is 16.9 Å². The van der Waals surface area contributed by atoms with Gasteiger partial charge < -0.3 is 0 Å². The highest BCUT2D eigenvalue weighted by atomic mass is 32.2. The van der Waals surface area contributed by atoms with Crippen LogP contribution in [-0.4, -0.2) is 20.2 Å². The van der Waals surface area contributed by atoms with Crippen molar-refractivity contribution >= 4 is 55.1 Å². The molecule has 0 N–H and O–H groups in total. The minimum atomic E-state index is -3.55. The van der Waals surface area contributed by atoms with Crippen LogP contribution in [0.15, 0.2) is 53.4 Å². The van der Waals surface area contributed by atoms with Gasteiger partial charge in [0.25, 0.3) is 10.0 Å². The Morgan fingerprint density at radius 3 is 2.59 bits per heavy atom. The summed E-state index contributed by atoms with van der Waals surface area (Å²) in [6, 6.07) is 15.3. The summed E-state index contributed by atoms with van der Waals surface area (Å²) < 4.78 is 28.9. The predicted octanol–water partition coefficient (Wildman–Crippen LogP) is 2.33. The van der Waals surface area contributed by atoms with Gasteiger partial charge in [0, 0.05) is 21.9 Å². The molecule has 0 saturated heterocycles. The minimum Gasteiger partial charge on any atom is -0.223 e. The Morgan fingerprint density at radius 2 is 1.73 bits per heavy atom. The number of thiophene rings is 1. The second-order valence-corrected chi connectivity index (χ2v) is 8.53. The summed E-state index contributed by atoms with van der Waals surface area (Å²) in [5.74, 6) is 0. The number of aromatic nitrogens is 1. The van der Waals surface area contributed by atoms with Crippen LogP contribution in [0.5, 0.6) is 0 Å². The summed E-state index contributed by atoms with van der Waals surface area (Å²) >= 11 is 1.53. The lowest BCUT2D eigenvalue weighted by Crippen LogP contribution is -2.17. The first-order chi connectivity index (χ1) is 10.6. The number of hydrogen-bond donors (Lipinski definition) is 0. The average Bonchev–Trinajstić information content (AvgIpc) is 3.01. The molecule has 0 bridgehead atoms. The molecule has 0 amide bonds. The Morgan fingerprint density at radius 1 is 0.955 bits per heavy atom. The molecule has 4 aromatic rings. The van der Waals surface area contributed by atoms with Crippen LogP contribution in [0, 0.1) is 0 Å². The standard InChI is InChI=1S/C16H10BNO2S2/c17-14-8-12-11-6-3-5-10-9-4-1-2-7-13(9)22(19,20)18(15(10)11)16(12)21-14/h1-8H,17H2. The topological polar surface area (TPSA) is 39.1 Å². The third kappa shape index (κ3) is 1.30. The van der Waals surface area contributed by atoms with E-state index in [4.69, 9.17) is 0 Å². The average molecular weight is 323 g/mol. The number of nitrogens with zero attached hydrogens (tertiary/aromatic N) is 1. The zero-order valence-corrected chi connectivity index (χ0v) is 13.3. The monoisotopic (exact) mass is 323 g/mol. The van der Waals surface area contributed by atoms with E-state index in [1.165, 1.54) is 15.3 Å². The zero-order valence-electron chi connectivity index (χ0n) is 11.7. The number of para-hydroxylation sites is 1. The smallest absolute Gasteiger partial charge is 0.223 e. The van der Waals surface area contributed by atoms with Crippen molar-refractivity contribution in [2.75, 3.05) is 0 Å². The van der Waals surface area contributed by atoms with Crippen molar-refractivity contribution in [2.45, 2.75) is 4.90 Å². The molecule has 0 radical (unpaired) electrons. The van der Waals surface area contributed by atoms with E-state index >= 15 is 0 Å². The highest BCUT2D eigenvalue weighted by molar-refractivity contribution is 7.90. The van der Waals surface area contributed by atoms with E-state index in [9.17, 15) is 8.42 Å². The molecule has 0 atom stereocenters. The molecule has 2 aromatic heterocycles. The lowest BCUT2D eigenvalue weighted by Gasteiger charge is -2.20. The van der Waals surface area contributed by atoms with Crippen LogP contribution in [-0.2, 0) is 10.0 Å².